The van der Waals surface area contributed by atoms with Crippen LogP contribution in [0.4, 0.5) is 0 Å². The van der Waals surface area contributed by atoms with E-state index in [1.807, 2.05) is 0 Å². The van der Waals surface area contributed by atoms with Crippen molar-refractivity contribution in [1.29, 1.82) is 0 Å². The van der Waals surface area contributed by atoms with E-state index in [1.54, 1.807) is 18.2 Å². The van der Waals surface area contributed by atoms with Crippen molar-refractivity contribution in [1.82, 2.24) is 0 Å². The number of hydrogen-bond acceptors (Lipinski definition) is 4. The lowest BCUT2D eigenvalue weighted by Gasteiger charge is -2.03. The molecule has 1 N–H and O–H groups in total. The number of benzene rings is 1. The van der Waals surface area contributed by atoms with Gasteiger partial charge in [0.1, 0.15) is 0 Å². The first kappa shape index (κ1) is 9.57. The average Bonchev–Trinajstić information content (AvgIpc) is 2.21. The molecule has 13 heavy (non-hydrogen) atoms. The number of hydrogen-bond donors (Lipinski definition) is 1. The molecule has 0 saturated carbocycles. The fourth-order valence-electron chi connectivity index (χ4n) is 0.901. The van der Waals surface area contributed by atoms with Gasteiger partial charge in [0.2, 0.25) is 11.9 Å². The molecule has 1 rings (SSSR count). The lowest BCUT2D eigenvalue weighted by molar-refractivity contribution is -0.254. The van der Waals surface area contributed by atoms with E-state index in [4.69, 9.17) is 5.26 Å². The zero-order chi connectivity index (χ0) is 9.68. The summed E-state index contributed by atoms with van der Waals surface area (Å²) >= 11 is 0. The molecule has 0 aliphatic carbocycles. The van der Waals surface area contributed by atoms with Crippen molar-refractivity contribution in [3.05, 3.63) is 35.9 Å². The third-order valence-corrected chi connectivity index (χ3v) is 1.55. The van der Waals surface area contributed by atoms with Gasteiger partial charge in [-0.2, -0.15) is 0 Å². The van der Waals surface area contributed by atoms with Crippen molar-refractivity contribution in [3.8, 4) is 0 Å². The number of carbonyl (C=O) groups is 2. The summed E-state index contributed by atoms with van der Waals surface area (Å²) in [6.07, 6.45) is -1.18. The van der Waals surface area contributed by atoms with Crippen molar-refractivity contribution in [2.75, 3.05) is 0 Å². The van der Waals surface area contributed by atoms with Gasteiger partial charge in [0.15, 0.2) is 6.29 Å². The van der Waals surface area contributed by atoms with E-state index in [-0.39, 0.29) is 6.29 Å². The molecule has 0 radical (unpaired) electrons. The van der Waals surface area contributed by atoms with Crippen LogP contribution >= 0.6 is 0 Å². The highest BCUT2D eigenvalue weighted by Gasteiger charge is 2.19. The third-order valence-electron chi connectivity index (χ3n) is 1.55. The molecule has 1 aromatic carbocycles. The van der Waals surface area contributed by atoms with E-state index in [9.17, 15) is 9.59 Å². The zero-order valence-corrected chi connectivity index (χ0v) is 6.71. The van der Waals surface area contributed by atoms with Crippen LogP contribution in [-0.4, -0.2) is 23.4 Å². The van der Waals surface area contributed by atoms with Gasteiger partial charge in [-0.1, -0.05) is 30.3 Å². The van der Waals surface area contributed by atoms with Crippen molar-refractivity contribution >= 4 is 12.1 Å². The molecule has 0 fully saturated rings. The molecule has 1 unspecified atom stereocenters. The number of ketones is 1. The summed E-state index contributed by atoms with van der Waals surface area (Å²) < 4.78 is 0. The Morgan fingerprint density at radius 2 is 2.00 bits per heavy atom. The Kier molecular flexibility index (Phi) is 3.31. The fraction of sp³-hybridized carbons (Fsp3) is 0.111. The summed E-state index contributed by atoms with van der Waals surface area (Å²) in [4.78, 5) is 25.2. The molecule has 68 valence electrons. The molecule has 0 spiro atoms. The van der Waals surface area contributed by atoms with E-state index < -0.39 is 11.9 Å². The summed E-state index contributed by atoms with van der Waals surface area (Å²) in [6, 6.07) is 8.14. The Morgan fingerprint density at radius 3 is 2.46 bits per heavy atom. The van der Waals surface area contributed by atoms with Crippen LogP contribution in [0, 0.1) is 0 Å². The smallest absolute Gasteiger partial charge is 0.210 e. The largest absolute Gasteiger partial charge is 0.300 e. The Balaban J connectivity index is 2.84. The maximum absolute atomic E-state index is 11.3. The number of aldehydes is 1. The highest BCUT2D eigenvalue weighted by Crippen LogP contribution is 2.03. The Hall–Kier alpha value is -1.52. The number of Topliss-reactive ketones (excluding diaryl/α,β-unsaturated/α-hetero) is 1. The Bertz CT molecular complexity index is 294. The second kappa shape index (κ2) is 4.49. The molecule has 0 bridgehead atoms. The van der Waals surface area contributed by atoms with Gasteiger partial charge in [0, 0.05) is 5.56 Å². The van der Waals surface area contributed by atoms with Gasteiger partial charge in [0.05, 0.1) is 0 Å². The maximum atomic E-state index is 11.3. The Labute approximate surface area is 74.7 Å². The predicted molar refractivity (Wildman–Crippen MR) is 44.3 cm³/mol. The van der Waals surface area contributed by atoms with Crippen LogP contribution in [0.15, 0.2) is 30.3 Å². The second-order valence-electron chi connectivity index (χ2n) is 2.39. The minimum atomic E-state index is -1.43. The van der Waals surface area contributed by atoms with Crippen molar-refractivity contribution in [2.24, 2.45) is 0 Å². The van der Waals surface area contributed by atoms with E-state index in [0.717, 1.165) is 0 Å². The van der Waals surface area contributed by atoms with Crippen molar-refractivity contribution in [2.45, 2.75) is 6.10 Å². The highest BCUT2D eigenvalue weighted by molar-refractivity contribution is 6.07. The summed E-state index contributed by atoms with van der Waals surface area (Å²) in [6.45, 7) is 0. The maximum Gasteiger partial charge on any atom is 0.210 e. The molecule has 1 aromatic rings. The second-order valence-corrected chi connectivity index (χ2v) is 2.39. The van der Waals surface area contributed by atoms with Crippen LogP contribution in [0.2, 0.25) is 0 Å². The molecule has 0 aliphatic heterocycles. The van der Waals surface area contributed by atoms with Gasteiger partial charge in [-0.05, 0) is 0 Å². The van der Waals surface area contributed by atoms with Crippen molar-refractivity contribution in [3.63, 3.8) is 0 Å². The fourth-order valence-corrected chi connectivity index (χ4v) is 0.901. The normalized spacial score (nSPS) is 12.1. The molecule has 0 heterocycles. The zero-order valence-electron chi connectivity index (χ0n) is 6.71. The molecular formula is C9H8O4. The Morgan fingerprint density at radius 1 is 1.38 bits per heavy atom. The van der Waals surface area contributed by atoms with E-state index in [1.165, 1.54) is 12.1 Å². The monoisotopic (exact) mass is 180 g/mol. The van der Waals surface area contributed by atoms with Gasteiger partial charge < -0.3 is 0 Å². The van der Waals surface area contributed by atoms with Crippen LogP contribution in [0.1, 0.15) is 10.4 Å². The summed E-state index contributed by atoms with van der Waals surface area (Å²) in [5.74, 6) is -0.557. The van der Waals surface area contributed by atoms with Crippen LogP contribution in [0.3, 0.4) is 0 Å². The quantitative estimate of drug-likeness (QED) is 0.246. The SMILES string of the molecule is O=CC(OO)C(=O)c1ccccc1. The van der Waals surface area contributed by atoms with Gasteiger partial charge in [-0.15, -0.1) is 0 Å². The van der Waals surface area contributed by atoms with Gasteiger partial charge in [-0.25, -0.2) is 4.89 Å². The van der Waals surface area contributed by atoms with E-state index >= 15 is 0 Å². The van der Waals surface area contributed by atoms with Gasteiger partial charge >= 0.3 is 0 Å². The predicted octanol–water partition coefficient (Wildman–Crippen LogP) is 0.926. The highest BCUT2D eigenvalue weighted by atomic mass is 17.1. The molecule has 0 aliphatic rings. The van der Waals surface area contributed by atoms with E-state index in [0.29, 0.717) is 5.56 Å². The lowest BCUT2D eigenvalue weighted by atomic mass is 10.1. The van der Waals surface area contributed by atoms with E-state index in [2.05, 4.69) is 4.89 Å². The molecule has 0 amide bonds. The van der Waals surface area contributed by atoms with Crippen LogP contribution in [0.25, 0.3) is 0 Å². The molecule has 4 heteroatoms. The van der Waals surface area contributed by atoms with Gasteiger partial charge in [-0.3, -0.25) is 14.8 Å². The summed E-state index contributed by atoms with van der Waals surface area (Å²) in [7, 11) is 0. The third kappa shape index (κ3) is 2.21. The molecule has 1 atom stereocenters. The molecular weight excluding hydrogens is 172 g/mol. The first-order valence-corrected chi connectivity index (χ1v) is 3.64. The minimum absolute atomic E-state index is 0.245. The van der Waals surface area contributed by atoms with Crippen molar-refractivity contribution < 1.29 is 19.7 Å². The average molecular weight is 180 g/mol. The van der Waals surface area contributed by atoms with Crippen LogP contribution in [0.5, 0.6) is 0 Å². The molecule has 0 aromatic heterocycles. The summed E-state index contributed by atoms with van der Waals surface area (Å²) in [5.41, 5.74) is 0.327. The summed E-state index contributed by atoms with van der Waals surface area (Å²) in [5, 5.41) is 8.21. The molecule has 0 saturated heterocycles. The molecule has 4 nitrogen and oxygen atoms in total. The lowest BCUT2D eigenvalue weighted by Crippen LogP contribution is -2.24. The standard InChI is InChI=1S/C9H8O4/c10-6-8(13-12)9(11)7-4-2-1-3-5-7/h1-6,8,12H. The topological polar surface area (TPSA) is 63.6 Å². The van der Waals surface area contributed by atoms with Crippen LogP contribution in [-0.2, 0) is 9.68 Å². The first-order valence-electron chi connectivity index (χ1n) is 3.64. The van der Waals surface area contributed by atoms with Gasteiger partial charge in [0.25, 0.3) is 0 Å². The minimum Gasteiger partial charge on any atom is -0.300 e. The number of rotatable bonds is 4. The first-order chi connectivity index (χ1) is 6.29. The van der Waals surface area contributed by atoms with Crippen LogP contribution < -0.4 is 0 Å². The number of carbonyl (C=O) groups excluding carboxylic acids is 2.